The molecule has 2 aromatic heterocycles. The van der Waals surface area contributed by atoms with Crippen LogP contribution in [0.15, 0.2) is 23.6 Å². The third-order valence-corrected chi connectivity index (χ3v) is 5.05. The Morgan fingerprint density at radius 1 is 1.41 bits per heavy atom. The molecular formula is C17H22N6O3S. The Labute approximate surface area is 160 Å². The molecule has 0 aliphatic carbocycles. The number of amides is 3. The summed E-state index contributed by atoms with van der Waals surface area (Å²) >= 11 is 1.50. The summed E-state index contributed by atoms with van der Waals surface area (Å²) in [6, 6.07) is 5.42. The highest BCUT2D eigenvalue weighted by atomic mass is 32.1. The molecule has 10 heteroatoms. The normalized spacial score (nSPS) is 19.4. The highest BCUT2D eigenvalue weighted by Crippen LogP contribution is 2.18. The second-order valence-electron chi connectivity index (χ2n) is 6.28. The van der Waals surface area contributed by atoms with Crippen molar-refractivity contribution in [3.8, 4) is 0 Å². The monoisotopic (exact) mass is 390 g/mol. The Morgan fingerprint density at radius 3 is 2.93 bits per heavy atom. The molecule has 4 N–H and O–H groups in total. The highest BCUT2D eigenvalue weighted by molar-refractivity contribution is 7.09. The zero-order chi connectivity index (χ0) is 19.4. The highest BCUT2D eigenvalue weighted by Gasteiger charge is 2.28. The van der Waals surface area contributed by atoms with Crippen LogP contribution in [-0.4, -0.2) is 33.5 Å². The van der Waals surface area contributed by atoms with Crippen LogP contribution in [0.5, 0.6) is 0 Å². The molecule has 2 unspecified atom stereocenters. The third kappa shape index (κ3) is 4.72. The topological polar surface area (TPSA) is 117 Å². The maximum absolute atomic E-state index is 12.2. The van der Waals surface area contributed by atoms with Crippen molar-refractivity contribution >= 4 is 34.9 Å². The van der Waals surface area contributed by atoms with Crippen molar-refractivity contribution in [1.82, 2.24) is 25.7 Å². The van der Waals surface area contributed by atoms with E-state index in [4.69, 9.17) is 0 Å². The van der Waals surface area contributed by atoms with Crippen molar-refractivity contribution in [2.45, 2.75) is 45.6 Å². The van der Waals surface area contributed by atoms with E-state index >= 15 is 0 Å². The van der Waals surface area contributed by atoms with E-state index in [0.29, 0.717) is 24.5 Å². The number of thiophene rings is 1. The summed E-state index contributed by atoms with van der Waals surface area (Å²) in [5, 5.41) is 17.4. The van der Waals surface area contributed by atoms with Crippen molar-refractivity contribution < 1.29 is 14.4 Å². The van der Waals surface area contributed by atoms with E-state index in [2.05, 4.69) is 26.4 Å². The Morgan fingerprint density at radius 2 is 2.22 bits per heavy atom. The largest absolute Gasteiger partial charge is 0.343 e. The molecule has 3 heterocycles. The number of hydrogen-bond acceptors (Lipinski definition) is 6. The molecule has 1 aliphatic heterocycles. The van der Waals surface area contributed by atoms with E-state index in [-0.39, 0.29) is 11.9 Å². The summed E-state index contributed by atoms with van der Waals surface area (Å²) in [4.78, 5) is 37.2. The van der Waals surface area contributed by atoms with Crippen LogP contribution in [0.3, 0.4) is 0 Å². The number of aryl methyl sites for hydroxylation is 1. The Kier molecular flexibility index (Phi) is 5.87. The second-order valence-corrected chi connectivity index (χ2v) is 7.31. The minimum Gasteiger partial charge on any atom is -0.343 e. The predicted molar refractivity (Wildman–Crippen MR) is 101 cm³/mol. The van der Waals surface area contributed by atoms with Gasteiger partial charge in [0.1, 0.15) is 5.82 Å². The molecule has 0 saturated carbocycles. The van der Waals surface area contributed by atoms with Crippen molar-refractivity contribution in [2.24, 2.45) is 0 Å². The van der Waals surface area contributed by atoms with Gasteiger partial charge >= 0.3 is 11.8 Å². The quantitative estimate of drug-likeness (QED) is 0.565. The molecule has 1 saturated heterocycles. The van der Waals surface area contributed by atoms with E-state index < -0.39 is 18.1 Å². The summed E-state index contributed by atoms with van der Waals surface area (Å²) in [6.07, 6.45) is 0.589. The standard InChI is InChI=1S/C17H22N6O3S/c1-3-11-8-14(24)21-17(19-11)23-13(7-10(2)22-23)20-16(26)15(25)18-9-12-5-4-6-27-12/h4-7,11,17,19H,3,8-9H2,1-2H3,(H,18,25)(H,20,26)(H,21,24). The summed E-state index contributed by atoms with van der Waals surface area (Å²) < 4.78 is 1.47. The lowest BCUT2D eigenvalue weighted by molar-refractivity contribution is -0.136. The number of anilines is 1. The van der Waals surface area contributed by atoms with E-state index in [1.807, 2.05) is 24.4 Å². The summed E-state index contributed by atoms with van der Waals surface area (Å²) in [6.45, 7) is 4.05. The molecular weight excluding hydrogens is 368 g/mol. The number of hydrogen-bond donors (Lipinski definition) is 4. The van der Waals surface area contributed by atoms with Gasteiger partial charge in [-0.3, -0.25) is 19.7 Å². The number of nitrogens with zero attached hydrogens (tertiary/aromatic N) is 2. The van der Waals surface area contributed by atoms with Gasteiger partial charge in [-0.05, 0) is 24.8 Å². The molecule has 1 aliphatic rings. The first-order chi connectivity index (χ1) is 13.0. The lowest BCUT2D eigenvalue weighted by Crippen LogP contribution is -2.53. The van der Waals surface area contributed by atoms with Crippen molar-refractivity contribution in [2.75, 3.05) is 5.32 Å². The Bertz CT molecular complexity index is 832. The van der Waals surface area contributed by atoms with Gasteiger partial charge in [-0.25, -0.2) is 4.68 Å². The summed E-state index contributed by atoms with van der Waals surface area (Å²) in [7, 11) is 0. The zero-order valence-corrected chi connectivity index (χ0v) is 15.9. The van der Waals surface area contributed by atoms with Gasteiger partial charge in [-0.2, -0.15) is 5.10 Å². The molecule has 1 fully saturated rings. The van der Waals surface area contributed by atoms with Gasteiger partial charge < -0.3 is 16.0 Å². The van der Waals surface area contributed by atoms with Crippen molar-refractivity contribution in [1.29, 1.82) is 0 Å². The zero-order valence-electron chi connectivity index (χ0n) is 15.1. The van der Waals surface area contributed by atoms with Gasteiger partial charge in [0.2, 0.25) is 5.91 Å². The molecule has 0 spiro atoms. The van der Waals surface area contributed by atoms with Gasteiger partial charge in [0, 0.05) is 23.4 Å². The van der Waals surface area contributed by atoms with Gasteiger partial charge in [0.15, 0.2) is 6.29 Å². The maximum Gasteiger partial charge on any atom is 0.314 e. The van der Waals surface area contributed by atoms with Crippen molar-refractivity contribution in [3.05, 3.63) is 34.2 Å². The Balaban J connectivity index is 1.67. The average molecular weight is 390 g/mol. The SMILES string of the molecule is CCC1CC(=O)NC(n2nc(C)cc2NC(=O)C(=O)NCc2cccs2)N1. The first-order valence-electron chi connectivity index (χ1n) is 8.69. The predicted octanol–water partition coefficient (Wildman–Crippen LogP) is 0.852. The molecule has 0 bridgehead atoms. The first-order valence-corrected chi connectivity index (χ1v) is 9.57. The lowest BCUT2D eigenvalue weighted by Gasteiger charge is -2.31. The van der Waals surface area contributed by atoms with Crippen LogP contribution in [0.25, 0.3) is 0 Å². The fourth-order valence-corrected chi connectivity index (χ4v) is 3.44. The average Bonchev–Trinajstić information content (AvgIpc) is 3.28. The molecule has 2 atom stereocenters. The second kappa shape index (κ2) is 8.31. The third-order valence-electron chi connectivity index (χ3n) is 4.17. The molecule has 0 aromatic carbocycles. The number of rotatable bonds is 5. The lowest BCUT2D eigenvalue weighted by atomic mass is 10.1. The Hall–Kier alpha value is -2.72. The van der Waals surface area contributed by atoms with Crippen LogP contribution in [0.4, 0.5) is 5.82 Å². The number of aromatic nitrogens is 2. The number of nitrogens with one attached hydrogen (secondary N) is 4. The molecule has 0 radical (unpaired) electrons. The van der Waals surface area contributed by atoms with E-state index in [1.165, 1.54) is 16.0 Å². The molecule has 3 amide bonds. The number of carbonyl (C=O) groups is 3. The maximum atomic E-state index is 12.2. The van der Waals surface area contributed by atoms with E-state index in [1.54, 1.807) is 13.0 Å². The van der Waals surface area contributed by atoms with E-state index in [0.717, 1.165) is 11.3 Å². The van der Waals surface area contributed by atoms with Crippen LogP contribution < -0.4 is 21.3 Å². The van der Waals surface area contributed by atoms with Crippen LogP contribution in [0.1, 0.15) is 36.6 Å². The van der Waals surface area contributed by atoms with Gasteiger partial charge in [0.25, 0.3) is 0 Å². The fourth-order valence-electron chi connectivity index (χ4n) is 2.79. The van der Waals surface area contributed by atoms with Crippen LogP contribution >= 0.6 is 11.3 Å². The molecule has 9 nitrogen and oxygen atoms in total. The first kappa shape index (κ1) is 19.1. The van der Waals surface area contributed by atoms with Crippen LogP contribution in [0, 0.1) is 6.92 Å². The van der Waals surface area contributed by atoms with Crippen LogP contribution in [-0.2, 0) is 20.9 Å². The van der Waals surface area contributed by atoms with Gasteiger partial charge in [-0.1, -0.05) is 13.0 Å². The molecule has 27 heavy (non-hydrogen) atoms. The molecule has 2 aromatic rings. The fraction of sp³-hybridized carbons (Fsp3) is 0.412. The van der Waals surface area contributed by atoms with Gasteiger partial charge in [0.05, 0.1) is 12.2 Å². The molecule has 144 valence electrons. The summed E-state index contributed by atoms with van der Waals surface area (Å²) in [5.74, 6) is -1.29. The molecule has 3 rings (SSSR count). The minimum atomic E-state index is -0.790. The van der Waals surface area contributed by atoms with Crippen molar-refractivity contribution in [3.63, 3.8) is 0 Å². The minimum absolute atomic E-state index is 0.0194. The smallest absolute Gasteiger partial charge is 0.314 e. The van der Waals surface area contributed by atoms with E-state index in [9.17, 15) is 14.4 Å². The number of carbonyl (C=O) groups excluding carboxylic acids is 3. The van der Waals surface area contributed by atoms with Gasteiger partial charge in [-0.15, -0.1) is 11.3 Å². The summed E-state index contributed by atoms with van der Waals surface area (Å²) in [5.41, 5.74) is 0.652. The van der Waals surface area contributed by atoms with Crippen LogP contribution in [0.2, 0.25) is 0 Å².